The van der Waals surface area contributed by atoms with Crippen LogP contribution in [-0.2, 0) is 52.7 Å². The van der Waals surface area contributed by atoms with Crippen LogP contribution < -0.4 is 27.0 Å². The van der Waals surface area contributed by atoms with E-state index < -0.39 is 115 Å². The summed E-state index contributed by atoms with van der Waals surface area (Å²) in [5.74, 6) is -6.60. The lowest BCUT2D eigenvalue weighted by atomic mass is 9.96. The van der Waals surface area contributed by atoms with Gasteiger partial charge in [0.25, 0.3) is 11.8 Å². The summed E-state index contributed by atoms with van der Waals surface area (Å²) in [5.41, 5.74) is 5.35. The van der Waals surface area contributed by atoms with E-state index in [0.717, 1.165) is 6.92 Å². The molecule has 2 saturated heterocycles. The summed E-state index contributed by atoms with van der Waals surface area (Å²) >= 11 is 0. The quantitative estimate of drug-likeness (QED) is 0.0761. The highest BCUT2D eigenvalue weighted by Crippen LogP contribution is 2.24. The van der Waals surface area contributed by atoms with E-state index in [9.17, 15) is 53.7 Å². The van der Waals surface area contributed by atoms with Gasteiger partial charge >= 0.3 is 5.97 Å². The molecule has 0 bridgehead atoms. The van der Waals surface area contributed by atoms with Crippen LogP contribution in [0.5, 0.6) is 0 Å². The number of carbonyl (C=O) groups is 8. The van der Waals surface area contributed by atoms with E-state index in [2.05, 4.69) is 21.3 Å². The van der Waals surface area contributed by atoms with Gasteiger partial charge in [-0.3, -0.25) is 33.6 Å². The molecule has 0 aromatic rings. The zero-order chi connectivity index (χ0) is 34.9. The fourth-order valence-corrected chi connectivity index (χ4v) is 4.39. The minimum Gasteiger partial charge on any atom is -0.394 e. The molecule has 2 fully saturated rings. The molecule has 2 aliphatic heterocycles. The largest absolute Gasteiger partial charge is 0.394 e. The van der Waals surface area contributed by atoms with Crippen molar-refractivity contribution in [2.45, 2.75) is 108 Å². The number of imide groups is 1. The summed E-state index contributed by atoms with van der Waals surface area (Å²) in [6, 6.07) is -5.24. The number of aliphatic hydroxyl groups excluding tert-OH is 3. The standard InChI is InChI=1S/C26H40N6O14/c1-10(29-24(41)12(3)44-21-19(30-13(4)34)26(43)45-15(9-33)20(21)38)23(40)31-14(22(27)39)5-6-16(35)28-11(2)25(42)46-32-17(36)7-8-18(32)37/h10-12,14-15,19-21,26,33,38,43H,5-9H2,1-4H3,(H2,27,39)(H,28,35)(H,29,41)(H,30,34)(H,31,40)/t10-,11-,12-,14+,15+,19+,20+,21+,26-/m0/s1. The Bertz CT molecular complexity index is 1180. The molecule has 0 spiro atoms. The van der Waals surface area contributed by atoms with Crippen molar-refractivity contribution in [1.29, 1.82) is 0 Å². The average Bonchev–Trinajstić information content (AvgIpc) is 3.29. The molecule has 0 aromatic heterocycles. The normalized spacial score (nSPS) is 25.5. The minimum absolute atomic E-state index is 0.111. The lowest BCUT2D eigenvalue weighted by molar-refractivity contribution is -0.266. The number of rotatable bonds is 15. The lowest BCUT2D eigenvalue weighted by Crippen LogP contribution is -2.65. The Balaban J connectivity index is 1.90. The lowest BCUT2D eigenvalue weighted by Gasteiger charge is -2.43. The number of nitrogens with zero attached hydrogens (tertiary/aromatic N) is 1. The van der Waals surface area contributed by atoms with Gasteiger partial charge in [-0.1, -0.05) is 0 Å². The van der Waals surface area contributed by atoms with E-state index in [1.807, 2.05) is 0 Å². The summed E-state index contributed by atoms with van der Waals surface area (Å²) in [6.07, 6.45) is -8.26. The third kappa shape index (κ3) is 10.4. The van der Waals surface area contributed by atoms with Crippen LogP contribution in [0.4, 0.5) is 0 Å². The molecule has 46 heavy (non-hydrogen) atoms. The van der Waals surface area contributed by atoms with Crippen LogP contribution in [0.1, 0.15) is 53.4 Å². The summed E-state index contributed by atoms with van der Waals surface area (Å²) < 4.78 is 10.7. The maximum absolute atomic E-state index is 12.8. The van der Waals surface area contributed by atoms with Crippen molar-refractivity contribution in [3.05, 3.63) is 0 Å². The topological polar surface area (TPSA) is 302 Å². The number of hydroxylamine groups is 2. The van der Waals surface area contributed by atoms with Crippen molar-refractivity contribution in [2.75, 3.05) is 6.61 Å². The van der Waals surface area contributed by atoms with Crippen LogP contribution in [0.3, 0.4) is 0 Å². The average molecular weight is 661 g/mol. The van der Waals surface area contributed by atoms with Gasteiger partial charge in [0.05, 0.1) is 6.61 Å². The molecule has 0 saturated carbocycles. The Morgan fingerprint density at radius 1 is 0.978 bits per heavy atom. The maximum atomic E-state index is 12.8. The van der Waals surface area contributed by atoms with Gasteiger partial charge < -0.3 is 56.6 Å². The van der Waals surface area contributed by atoms with Crippen molar-refractivity contribution >= 4 is 47.3 Å². The second-order valence-electron chi connectivity index (χ2n) is 10.7. The van der Waals surface area contributed by atoms with Gasteiger partial charge in [0, 0.05) is 26.2 Å². The van der Waals surface area contributed by atoms with Gasteiger partial charge in [-0.05, 0) is 27.2 Å². The summed E-state index contributed by atoms with van der Waals surface area (Å²) in [6.45, 7) is 4.19. The molecule has 0 aliphatic carbocycles. The Morgan fingerprint density at radius 3 is 2.13 bits per heavy atom. The Hall–Kier alpha value is -4.24. The molecule has 0 radical (unpaired) electrons. The van der Waals surface area contributed by atoms with Crippen molar-refractivity contribution in [1.82, 2.24) is 26.3 Å². The fourth-order valence-electron chi connectivity index (χ4n) is 4.39. The SMILES string of the molecule is CC(=O)N[C@@H]1[C@@H](O[C@@H](C)C(=O)N[C@@H](C)C(=O)N[C@H](CCC(=O)N[C@@H](C)C(=O)ON2C(=O)CCC2=O)C(N)=O)[C@H](O)[C@@H](CO)O[C@@H]1O. The highest BCUT2D eigenvalue weighted by Gasteiger charge is 2.47. The van der Waals surface area contributed by atoms with E-state index in [-0.39, 0.29) is 19.3 Å². The molecule has 20 nitrogen and oxygen atoms in total. The number of hydrogen-bond acceptors (Lipinski definition) is 14. The van der Waals surface area contributed by atoms with Gasteiger partial charge in [-0.25, -0.2) is 4.79 Å². The highest BCUT2D eigenvalue weighted by atomic mass is 16.7. The highest BCUT2D eigenvalue weighted by molar-refractivity contribution is 6.02. The first-order chi connectivity index (χ1) is 21.5. The van der Waals surface area contributed by atoms with Crippen molar-refractivity contribution in [2.24, 2.45) is 5.73 Å². The van der Waals surface area contributed by atoms with Crippen LogP contribution in [0.25, 0.3) is 0 Å². The Labute approximate surface area is 262 Å². The number of nitrogens with one attached hydrogen (secondary N) is 4. The first kappa shape index (κ1) is 37.9. The van der Waals surface area contributed by atoms with Gasteiger partial charge in [0.1, 0.15) is 48.6 Å². The third-order valence-corrected chi connectivity index (χ3v) is 6.96. The molecule has 7 amide bonds. The van der Waals surface area contributed by atoms with Gasteiger partial charge in [0.15, 0.2) is 6.29 Å². The smallest absolute Gasteiger partial charge is 0.354 e. The van der Waals surface area contributed by atoms with E-state index in [1.165, 1.54) is 20.8 Å². The third-order valence-electron chi connectivity index (χ3n) is 6.96. The van der Waals surface area contributed by atoms with Gasteiger partial charge in [-0.15, -0.1) is 5.06 Å². The number of carbonyl (C=O) groups excluding carboxylic acids is 8. The molecule has 9 N–H and O–H groups in total. The molecule has 0 unspecified atom stereocenters. The summed E-state index contributed by atoms with van der Waals surface area (Å²) in [7, 11) is 0. The Kier molecular flexibility index (Phi) is 13.9. The molecule has 258 valence electrons. The van der Waals surface area contributed by atoms with Crippen LogP contribution in [0.2, 0.25) is 0 Å². The van der Waals surface area contributed by atoms with Crippen LogP contribution in [0.15, 0.2) is 0 Å². The van der Waals surface area contributed by atoms with Crippen molar-refractivity contribution < 1.29 is 68.0 Å². The van der Waals surface area contributed by atoms with Crippen molar-refractivity contribution in [3.63, 3.8) is 0 Å². The predicted octanol–water partition coefficient (Wildman–Crippen LogP) is -5.30. The van der Waals surface area contributed by atoms with Gasteiger partial charge in [0.2, 0.25) is 29.5 Å². The second-order valence-corrected chi connectivity index (χ2v) is 10.7. The first-order valence-electron chi connectivity index (χ1n) is 14.3. The zero-order valence-electron chi connectivity index (χ0n) is 25.6. The Morgan fingerprint density at radius 2 is 1.59 bits per heavy atom. The number of primary amides is 1. The monoisotopic (exact) mass is 660 g/mol. The number of hydrogen-bond donors (Lipinski definition) is 8. The fraction of sp³-hybridized carbons (Fsp3) is 0.692. The number of nitrogens with two attached hydrogens (primary N) is 1. The van der Waals surface area contributed by atoms with Crippen LogP contribution in [0, 0.1) is 0 Å². The molecule has 2 heterocycles. The van der Waals surface area contributed by atoms with Crippen molar-refractivity contribution in [3.8, 4) is 0 Å². The number of ether oxygens (including phenoxy) is 2. The van der Waals surface area contributed by atoms with E-state index >= 15 is 0 Å². The number of aliphatic hydroxyl groups is 3. The van der Waals surface area contributed by atoms with Crippen LogP contribution >= 0.6 is 0 Å². The minimum atomic E-state index is -1.69. The molecular weight excluding hydrogens is 620 g/mol. The van der Waals surface area contributed by atoms with Gasteiger partial charge in [-0.2, -0.15) is 0 Å². The van der Waals surface area contributed by atoms with E-state index in [1.54, 1.807) is 0 Å². The summed E-state index contributed by atoms with van der Waals surface area (Å²) in [5, 5.41) is 39.8. The first-order valence-corrected chi connectivity index (χ1v) is 14.3. The predicted molar refractivity (Wildman–Crippen MR) is 149 cm³/mol. The molecule has 2 rings (SSSR count). The zero-order valence-corrected chi connectivity index (χ0v) is 25.6. The second kappa shape index (κ2) is 16.9. The molecule has 0 aromatic carbocycles. The molecule has 2 aliphatic rings. The molecular formula is C26H40N6O14. The van der Waals surface area contributed by atoms with Crippen LogP contribution in [-0.4, -0.2) is 129 Å². The van der Waals surface area contributed by atoms with E-state index in [0.29, 0.717) is 5.06 Å². The number of amides is 7. The summed E-state index contributed by atoms with van der Waals surface area (Å²) in [4.78, 5) is 101. The maximum Gasteiger partial charge on any atom is 0.354 e. The molecule has 9 atom stereocenters. The molecule has 20 heteroatoms. The van der Waals surface area contributed by atoms with E-state index in [4.69, 9.17) is 20.0 Å².